The van der Waals surface area contributed by atoms with Gasteiger partial charge in [0.25, 0.3) is 5.24 Å². The Labute approximate surface area is 87.1 Å². The summed E-state index contributed by atoms with van der Waals surface area (Å²) in [6, 6.07) is 3.45. The Morgan fingerprint density at radius 3 is 2.93 bits per heavy atom. The molecular weight excluding hydrogens is 200 g/mol. The number of amides is 1. The van der Waals surface area contributed by atoms with Crippen LogP contribution in [0.4, 0.5) is 10.5 Å². The fraction of sp³-hybridized carbons (Fsp3) is 0.333. The molecule has 1 aromatic rings. The highest BCUT2D eigenvalue weighted by Gasteiger charge is 2.01. The van der Waals surface area contributed by atoms with Crippen LogP contribution in [0.5, 0.6) is 5.88 Å². The van der Waals surface area contributed by atoms with E-state index in [0.717, 1.165) is 5.75 Å². The van der Waals surface area contributed by atoms with Crippen LogP contribution < -0.4 is 10.1 Å². The van der Waals surface area contributed by atoms with Crippen LogP contribution >= 0.6 is 11.8 Å². The average molecular weight is 212 g/mol. The van der Waals surface area contributed by atoms with Crippen molar-refractivity contribution >= 4 is 22.7 Å². The van der Waals surface area contributed by atoms with Gasteiger partial charge in [-0.25, -0.2) is 4.98 Å². The third-order valence-corrected chi connectivity index (χ3v) is 2.12. The molecule has 1 rings (SSSR count). The van der Waals surface area contributed by atoms with Gasteiger partial charge < -0.3 is 10.1 Å². The lowest BCUT2D eigenvalue weighted by molar-refractivity contribution is 0.270. The number of hydrogen-bond donors (Lipinski definition) is 1. The summed E-state index contributed by atoms with van der Waals surface area (Å²) in [5, 5.41) is 2.63. The van der Waals surface area contributed by atoms with Crippen molar-refractivity contribution in [3.63, 3.8) is 0 Å². The van der Waals surface area contributed by atoms with Gasteiger partial charge in [0, 0.05) is 6.07 Å². The third kappa shape index (κ3) is 3.26. The fourth-order valence-electron chi connectivity index (χ4n) is 0.860. The van der Waals surface area contributed by atoms with Crippen molar-refractivity contribution in [1.29, 1.82) is 0 Å². The number of aromatic nitrogens is 1. The third-order valence-electron chi connectivity index (χ3n) is 1.47. The predicted octanol–water partition coefficient (Wildman–Crippen LogP) is 2.38. The number of methoxy groups -OCH3 is 1. The molecule has 0 aliphatic rings. The molecule has 76 valence electrons. The number of rotatable bonds is 3. The van der Waals surface area contributed by atoms with E-state index in [4.69, 9.17) is 4.74 Å². The number of anilines is 1. The van der Waals surface area contributed by atoms with Crippen molar-refractivity contribution in [2.75, 3.05) is 18.2 Å². The molecule has 0 atom stereocenters. The van der Waals surface area contributed by atoms with Crippen LogP contribution in [0.25, 0.3) is 0 Å². The minimum absolute atomic E-state index is 0.0699. The molecule has 0 aliphatic heterocycles. The van der Waals surface area contributed by atoms with Gasteiger partial charge in [-0.15, -0.1) is 0 Å². The first kappa shape index (κ1) is 10.8. The van der Waals surface area contributed by atoms with Crippen LogP contribution in [0.3, 0.4) is 0 Å². The molecule has 0 unspecified atom stereocenters. The zero-order chi connectivity index (χ0) is 10.4. The van der Waals surface area contributed by atoms with Crippen LogP contribution in [-0.4, -0.2) is 23.1 Å². The van der Waals surface area contributed by atoms with Gasteiger partial charge in [0.05, 0.1) is 19.0 Å². The van der Waals surface area contributed by atoms with Crippen LogP contribution in [0.2, 0.25) is 0 Å². The summed E-state index contributed by atoms with van der Waals surface area (Å²) in [6.45, 7) is 1.93. The normalized spacial score (nSPS) is 9.57. The Balaban J connectivity index is 2.55. The summed E-state index contributed by atoms with van der Waals surface area (Å²) in [4.78, 5) is 15.1. The molecule has 1 heterocycles. The highest BCUT2D eigenvalue weighted by molar-refractivity contribution is 8.13. The standard InChI is InChI=1S/C9H12N2O2S/c1-3-14-9(12)11-7-4-5-8(13-2)10-6-7/h4-6H,3H2,1-2H3,(H,11,12). The maximum atomic E-state index is 11.2. The van der Waals surface area contributed by atoms with Crippen molar-refractivity contribution in [1.82, 2.24) is 4.98 Å². The van der Waals surface area contributed by atoms with Gasteiger partial charge >= 0.3 is 0 Å². The smallest absolute Gasteiger partial charge is 0.283 e. The average Bonchev–Trinajstić information content (AvgIpc) is 2.19. The van der Waals surface area contributed by atoms with Gasteiger partial charge in [-0.2, -0.15) is 0 Å². The van der Waals surface area contributed by atoms with Crippen LogP contribution in [0.1, 0.15) is 6.92 Å². The molecule has 0 spiro atoms. The number of carbonyl (C=O) groups excluding carboxylic acids is 1. The summed E-state index contributed by atoms with van der Waals surface area (Å²) >= 11 is 1.23. The molecule has 0 radical (unpaired) electrons. The van der Waals surface area contributed by atoms with E-state index in [0.29, 0.717) is 11.6 Å². The molecule has 0 aromatic carbocycles. The summed E-state index contributed by atoms with van der Waals surface area (Å²) in [5.41, 5.74) is 0.678. The predicted molar refractivity (Wildman–Crippen MR) is 57.9 cm³/mol. The Bertz CT molecular complexity index is 300. The highest BCUT2D eigenvalue weighted by Crippen LogP contribution is 2.13. The highest BCUT2D eigenvalue weighted by atomic mass is 32.2. The van der Waals surface area contributed by atoms with Crippen molar-refractivity contribution < 1.29 is 9.53 Å². The second kappa shape index (κ2) is 5.49. The molecule has 14 heavy (non-hydrogen) atoms. The van der Waals surface area contributed by atoms with E-state index in [-0.39, 0.29) is 5.24 Å². The Kier molecular flexibility index (Phi) is 4.25. The number of carbonyl (C=O) groups is 1. The first-order chi connectivity index (χ1) is 6.76. The minimum Gasteiger partial charge on any atom is -0.481 e. The second-order valence-electron chi connectivity index (χ2n) is 2.43. The van der Waals surface area contributed by atoms with Crippen LogP contribution in [0, 0.1) is 0 Å². The van der Waals surface area contributed by atoms with Gasteiger partial charge in [0.2, 0.25) is 5.88 Å². The zero-order valence-electron chi connectivity index (χ0n) is 8.11. The lowest BCUT2D eigenvalue weighted by Crippen LogP contribution is -2.05. The molecule has 1 N–H and O–H groups in total. The van der Waals surface area contributed by atoms with Gasteiger partial charge in [-0.1, -0.05) is 18.7 Å². The fourth-order valence-corrected chi connectivity index (χ4v) is 1.31. The number of hydrogen-bond acceptors (Lipinski definition) is 4. The number of pyridine rings is 1. The van der Waals surface area contributed by atoms with E-state index in [2.05, 4.69) is 10.3 Å². The molecule has 5 heteroatoms. The lowest BCUT2D eigenvalue weighted by atomic mass is 10.4. The van der Waals surface area contributed by atoms with Crippen LogP contribution in [0.15, 0.2) is 18.3 Å². The number of nitrogens with one attached hydrogen (secondary N) is 1. The first-order valence-corrected chi connectivity index (χ1v) is 5.18. The van der Waals surface area contributed by atoms with Gasteiger partial charge in [0.1, 0.15) is 0 Å². The molecular formula is C9H12N2O2S. The minimum atomic E-state index is -0.0699. The topological polar surface area (TPSA) is 51.2 Å². The van der Waals surface area contributed by atoms with E-state index in [1.54, 1.807) is 25.4 Å². The number of ether oxygens (including phenoxy) is 1. The van der Waals surface area contributed by atoms with Crippen LogP contribution in [-0.2, 0) is 0 Å². The maximum Gasteiger partial charge on any atom is 0.283 e. The van der Waals surface area contributed by atoms with Crippen molar-refractivity contribution in [3.8, 4) is 5.88 Å². The molecule has 1 amide bonds. The maximum absolute atomic E-state index is 11.2. The molecule has 0 saturated carbocycles. The molecule has 0 aliphatic carbocycles. The van der Waals surface area contributed by atoms with Gasteiger partial charge in [-0.05, 0) is 11.8 Å². The second-order valence-corrected chi connectivity index (χ2v) is 3.67. The SMILES string of the molecule is CCSC(=O)Nc1ccc(OC)nc1. The molecule has 4 nitrogen and oxygen atoms in total. The number of thioether (sulfide) groups is 1. The Hall–Kier alpha value is -1.23. The largest absolute Gasteiger partial charge is 0.481 e. The Morgan fingerprint density at radius 2 is 2.43 bits per heavy atom. The van der Waals surface area contributed by atoms with E-state index >= 15 is 0 Å². The summed E-state index contributed by atoms with van der Waals surface area (Å²) in [6.07, 6.45) is 1.56. The van der Waals surface area contributed by atoms with Crippen molar-refractivity contribution in [2.24, 2.45) is 0 Å². The summed E-state index contributed by atoms with van der Waals surface area (Å²) in [7, 11) is 1.55. The quantitative estimate of drug-likeness (QED) is 0.835. The zero-order valence-corrected chi connectivity index (χ0v) is 8.93. The van der Waals surface area contributed by atoms with Gasteiger partial charge in [0.15, 0.2) is 0 Å². The Morgan fingerprint density at radius 1 is 1.64 bits per heavy atom. The van der Waals surface area contributed by atoms with Crippen molar-refractivity contribution in [2.45, 2.75) is 6.92 Å². The first-order valence-electron chi connectivity index (χ1n) is 4.20. The molecule has 0 saturated heterocycles. The van der Waals surface area contributed by atoms with Gasteiger partial charge in [-0.3, -0.25) is 4.79 Å². The molecule has 0 bridgehead atoms. The van der Waals surface area contributed by atoms with E-state index < -0.39 is 0 Å². The van der Waals surface area contributed by atoms with Crippen molar-refractivity contribution in [3.05, 3.63) is 18.3 Å². The van der Waals surface area contributed by atoms with E-state index in [1.807, 2.05) is 6.92 Å². The summed E-state index contributed by atoms with van der Waals surface area (Å²) < 4.78 is 4.89. The van der Waals surface area contributed by atoms with E-state index in [9.17, 15) is 4.79 Å². The number of nitrogens with zero attached hydrogens (tertiary/aromatic N) is 1. The summed E-state index contributed by atoms with van der Waals surface area (Å²) in [5.74, 6) is 1.29. The lowest BCUT2D eigenvalue weighted by Gasteiger charge is -2.03. The monoisotopic (exact) mass is 212 g/mol. The molecule has 1 aromatic heterocycles. The van der Waals surface area contributed by atoms with E-state index in [1.165, 1.54) is 11.8 Å². The molecule has 0 fully saturated rings.